The predicted octanol–water partition coefficient (Wildman–Crippen LogP) is 3.29. The van der Waals surface area contributed by atoms with Crippen molar-refractivity contribution in [3.05, 3.63) is 45.5 Å². The number of nitrogens with zero attached hydrogens (tertiary/aromatic N) is 1. The normalized spacial score (nSPS) is 10.3. The monoisotopic (exact) mass is 347 g/mol. The van der Waals surface area contributed by atoms with Gasteiger partial charge in [0.1, 0.15) is 0 Å². The van der Waals surface area contributed by atoms with Crippen LogP contribution in [0.15, 0.2) is 30.3 Å². The van der Waals surface area contributed by atoms with Gasteiger partial charge in [-0.05, 0) is 46.9 Å². The molecule has 1 heterocycles. The summed E-state index contributed by atoms with van der Waals surface area (Å²) in [4.78, 5) is 3.60. The Balaban J connectivity index is 2.30. The van der Waals surface area contributed by atoms with Crippen LogP contribution in [0.5, 0.6) is 0 Å². The van der Waals surface area contributed by atoms with Crippen LogP contribution < -0.4 is 11.1 Å². The number of halogens is 3. The van der Waals surface area contributed by atoms with E-state index in [9.17, 15) is 8.78 Å². The summed E-state index contributed by atoms with van der Waals surface area (Å²) < 4.78 is 27.3. The number of aromatic nitrogens is 1. The average Bonchev–Trinajstić information content (AvgIpc) is 2.29. The standard InChI is InChI=1S/C11H8F2IN3/c12-8-5-9(13)11(17-10(8)15)16-7-3-1-6(14)2-4-7/h1-5H,(H3,15,16,17). The summed E-state index contributed by atoms with van der Waals surface area (Å²) in [6, 6.07) is 7.95. The van der Waals surface area contributed by atoms with Gasteiger partial charge in [-0.1, -0.05) is 0 Å². The van der Waals surface area contributed by atoms with E-state index in [1.54, 1.807) is 12.1 Å². The van der Waals surface area contributed by atoms with E-state index in [0.29, 0.717) is 11.8 Å². The fraction of sp³-hybridized carbons (Fsp3) is 0. The van der Waals surface area contributed by atoms with Gasteiger partial charge in [0, 0.05) is 15.3 Å². The first-order valence-electron chi connectivity index (χ1n) is 4.70. The predicted molar refractivity (Wildman–Crippen MR) is 71.0 cm³/mol. The molecule has 0 radical (unpaired) electrons. The van der Waals surface area contributed by atoms with Crippen LogP contribution in [0.4, 0.5) is 26.1 Å². The number of rotatable bonds is 2. The van der Waals surface area contributed by atoms with Crippen LogP contribution >= 0.6 is 22.6 Å². The van der Waals surface area contributed by atoms with Gasteiger partial charge in [-0.2, -0.15) is 0 Å². The molecule has 88 valence electrons. The third-order valence-corrected chi connectivity index (χ3v) is 2.78. The summed E-state index contributed by atoms with van der Waals surface area (Å²) in [6.07, 6.45) is 0. The SMILES string of the molecule is Nc1nc(Nc2ccc(I)cc2)c(F)cc1F. The second-order valence-electron chi connectivity index (χ2n) is 3.32. The maximum absolute atomic E-state index is 13.4. The van der Waals surface area contributed by atoms with Gasteiger partial charge in [0.05, 0.1) is 0 Å². The molecule has 0 saturated carbocycles. The number of nitrogen functional groups attached to an aromatic ring is 1. The van der Waals surface area contributed by atoms with E-state index in [2.05, 4.69) is 32.9 Å². The molecule has 6 heteroatoms. The van der Waals surface area contributed by atoms with Crippen molar-refractivity contribution in [2.45, 2.75) is 0 Å². The first kappa shape index (κ1) is 12.0. The van der Waals surface area contributed by atoms with E-state index >= 15 is 0 Å². The summed E-state index contributed by atoms with van der Waals surface area (Å²) in [5, 5.41) is 2.73. The van der Waals surface area contributed by atoms with E-state index in [4.69, 9.17) is 5.73 Å². The molecule has 0 aliphatic rings. The van der Waals surface area contributed by atoms with Crippen LogP contribution in [0, 0.1) is 15.2 Å². The minimum Gasteiger partial charge on any atom is -0.381 e. The molecule has 2 aromatic rings. The molecule has 1 aromatic heterocycles. The number of pyridine rings is 1. The Morgan fingerprint density at radius 2 is 1.76 bits per heavy atom. The van der Waals surface area contributed by atoms with E-state index in [1.165, 1.54) is 0 Å². The van der Waals surface area contributed by atoms with Crippen molar-refractivity contribution >= 4 is 39.9 Å². The van der Waals surface area contributed by atoms with E-state index < -0.39 is 11.6 Å². The van der Waals surface area contributed by atoms with Crippen molar-refractivity contribution < 1.29 is 8.78 Å². The van der Waals surface area contributed by atoms with Crippen LogP contribution in [0.25, 0.3) is 0 Å². The molecule has 0 amide bonds. The number of anilines is 3. The lowest BCUT2D eigenvalue weighted by atomic mass is 10.3. The van der Waals surface area contributed by atoms with Gasteiger partial charge in [-0.3, -0.25) is 0 Å². The lowest BCUT2D eigenvalue weighted by molar-refractivity contribution is 0.581. The topological polar surface area (TPSA) is 50.9 Å². The van der Waals surface area contributed by atoms with Crippen molar-refractivity contribution in [3.8, 4) is 0 Å². The van der Waals surface area contributed by atoms with E-state index in [0.717, 1.165) is 3.57 Å². The largest absolute Gasteiger partial charge is 0.381 e. The molecular formula is C11H8F2IN3. The number of hydrogen-bond donors (Lipinski definition) is 2. The second kappa shape index (κ2) is 4.82. The number of nitrogens with two attached hydrogens (primary N) is 1. The van der Waals surface area contributed by atoms with Crippen LogP contribution in [0.2, 0.25) is 0 Å². The molecule has 0 aliphatic carbocycles. The molecule has 3 nitrogen and oxygen atoms in total. The van der Waals surface area contributed by atoms with Crippen molar-refractivity contribution in [1.29, 1.82) is 0 Å². The molecule has 0 unspecified atom stereocenters. The van der Waals surface area contributed by atoms with E-state index in [1.807, 2.05) is 12.1 Å². The molecule has 0 spiro atoms. The van der Waals surface area contributed by atoms with Gasteiger partial charge in [0.15, 0.2) is 23.3 Å². The third kappa shape index (κ3) is 2.82. The highest BCUT2D eigenvalue weighted by Crippen LogP contribution is 2.21. The quantitative estimate of drug-likeness (QED) is 0.820. The molecule has 0 aliphatic heterocycles. The lowest BCUT2D eigenvalue weighted by Crippen LogP contribution is -2.03. The lowest BCUT2D eigenvalue weighted by Gasteiger charge is -2.07. The van der Waals surface area contributed by atoms with Crippen LogP contribution in [0.1, 0.15) is 0 Å². The highest BCUT2D eigenvalue weighted by molar-refractivity contribution is 14.1. The first-order chi connectivity index (χ1) is 8.06. The zero-order valence-corrected chi connectivity index (χ0v) is 10.7. The Kier molecular flexibility index (Phi) is 3.41. The number of hydrogen-bond acceptors (Lipinski definition) is 3. The number of nitrogens with one attached hydrogen (secondary N) is 1. The van der Waals surface area contributed by atoms with Crippen LogP contribution in [0.3, 0.4) is 0 Å². The fourth-order valence-corrected chi connectivity index (χ4v) is 1.60. The maximum atomic E-state index is 13.4. The molecule has 0 fully saturated rings. The molecular weight excluding hydrogens is 339 g/mol. The third-order valence-electron chi connectivity index (χ3n) is 2.06. The Bertz CT molecular complexity index is 543. The summed E-state index contributed by atoms with van der Waals surface area (Å²) in [5.74, 6) is -2.07. The van der Waals surface area contributed by atoms with Gasteiger partial charge in [-0.15, -0.1) is 0 Å². The minimum absolute atomic E-state index is 0.0925. The van der Waals surface area contributed by atoms with Gasteiger partial charge < -0.3 is 11.1 Å². The fourth-order valence-electron chi connectivity index (χ4n) is 1.24. The van der Waals surface area contributed by atoms with Gasteiger partial charge in [-0.25, -0.2) is 13.8 Å². The van der Waals surface area contributed by atoms with E-state index in [-0.39, 0.29) is 11.6 Å². The summed E-state index contributed by atoms with van der Waals surface area (Å²) in [5.41, 5.74) is 5.93. The Morgan fingerprint density at radius 3 is 2.41 bits per heavy atom. The molecule has 0 saturated heterocycles. The molecule has 0 atom stereocenters. The molecule has 2 rings (SSSR count). The van der Waals surface area contributed by atoms with Crippen molar-refractivity contribution in [2.75, 3.05) is 11.1 Å². The van der Waals surface area contributed by atoms with Gasteiger partial charge in [0.2, 0.25) is 0 Å². The highest BCUT2D eigenvalue weighted by atomic mass is 127. The second-order valence-corrected chi connectivity index (χ2v) is 4.56. The summed E-state index contributed by atoms with van der Waals surface area (Å²) in [6.45, 7) is 0. The smallest absolute Gasteiger partial charge is 0.169 e. The summed E-state index contributed by atoms with van der Waals surface area (Å²) >= 11 is 2.16. The van der Waals surface area contributed by atoms with Crippen molar-refractivity contribution in [1.82, 2.24) is 4.98 Å². The molecule has 0 bridgehead atoms. The molecule has 1 aromatic carbocycles. The highest BCUT2D eigenvalue weighted by Gasteiger charge is 2.09. The zero-order chi connectivity index (χ0) is 12.4. The first-order valence-corrected chi connectivity index (χ1v) is 5.78. The van der Waals surface area contributed by atoms with Gasteiger partial charge in [0.25, 0.3) is 0 Å². The van der Waals surface area contributed by atoms with Crippen molar-refractivity contribution in [2.24, 2.45) is 0 Å². The van der Waals surface area contributed by atoms with Crippen LogP contribution in [-0.4, -0.2) is 4.98 Å². The Hall–Kier alpha value is -1.44. The Morgan fingerprint density at radius 1 is 1.12 bits per heavy atom. The minimum atomic E-state index is -0.865. The molecule has 3 N–H and O–H groups in total. The number of benzene rings is 1. The van der Waals surface area contributed by atoms with Crippen LogP contribution in [-0.2, 0) is 0 Å². The van der Waals surface area contributed by atoms with Gasteiger partial charge >= 0.3 is 0 Å². The average molecular weight is 347 g/mol. The molecule has 17 heavy (non-hydrogen) atoms. The Labute approximate surface area is 110 Å². The maximum Gasteiger partial charge on any atom is 0.169 e. The zero-order valence-electron chi connectivity index (χ0n) is 8.55. The van der Waals surface area contributed by atoms with Crippen molar-refractivity contribution in [3.63, 3.8) is 0 Å². The summed E-state index contributed by atoms with van der Waals surface area (Å²) in [7, 11) is 0.